The largest absolute Gasteiger partial charge is 0.416 e. The minimum Gasteiger partial charge on any atom is -0.350 e. The number of nitrogens with zero attached hydrogens (tertiary/aromatic N) is 2. The lowest BCUT2D eigenvalue weighted by Gasteiger charge is -2.12. The number of hydrogen-bond donors (Lipinski definition) is 1. The first-order valence-corrected chi connectivity index (χ1v) is 8.89. The fourth-order valence-corrected chi connectivity index (χ4v) is 3.00. The molecule has 0 atom stereocenters. The van der Waals surface area contributed by atoms with Crippen molar-refractivity contribution in [2.24, 2.45) is 0 Å². The van der Waals surface area contributed by atoms with E-state index in [1.807, 2.05) is 18.3 Å². The summed E-state index contributed by atoms with van der Waals surface area (Å²) in [7, 11) is 1.63. The summed E-state index contributed by atoms with van der Waals surface area (Å²) < 4.78 is 38.4. The molecule has 3 aromatic rings. The average molecular weight is 397 g/mol. The summed E-state index contributed by atoms with van der Waals surface area (Å²) >= 11 is 0. The molecule has 0 aromatic heterocycles. The van der Waals surface area contributed by atoms with Crippen LogP contribution in [0.3, 0.4) is 0 Å². The van der Waals surface area contributed by atoms with Crippen LogP contribution in [0.1, 0.15) is 15.9 Å². The lowest BCUT2D eigenvalue weighted by atomic mass is 9.96. The number of rotatable bonds is 5. The van der Waals surface area contributed by atoms with E-state index in [0.717, 1.165) is 28.5 Å². The third kappa shape index (κ3) is 4.66. The van der Waals surface area contributed by atoms with Gasteiger partial charge in [-0.3, -0.25) is 4.79 Å². The summed E-state index contributed by atoms with van der Waals surface area (Å²) in [6.07, 6.45) is -2.42. The standard InChI is InChI=1S/C22H18F3N3O/c1-28(14-26)12-11-27-21(29)17-7-10-20-16(13-17)3-2-4-19(20)15-5-8-18(9-6-15)22(23,24)25/h2-10,13H,11-12H2,1H3,(H,27,29). The molecule has 4 nitrogen and oxygen atoms in total. The molecular weight excluding hydrogens is 379 g/mol. The minimum absolute atomic E-state index is 0.252. The molecule has 1 amide bonds. The van der Waals surface area contributed by atoms with E-state index < -0.39 is 11.7 Å². The number of carbonyl (C=O) groups is 1. The molecule has 0 spiro atoms. The molecule has 0 radical (unpaired) electrons. The van der Waals surface area contributed by atoms with Gasteiger partial charge in [-0.25, -0.2) is 0 Å². The fourth-order valence-electron chi connectivity index (χ4n) is 3.00. The van der Waals surface area contributed by atoms with Gasteiger partial charge in [-0.2, -0.15) is 18.4 Å². The number of nitrogens with one attached hydrogen (secondary N) is 1. The van der Waals surface area contributed by atoms with Gasteiger partial charge in [-0.15, -0.1) is 0 Å². The predicted octanol–water partition coefficient (Wildman–Crippen LogP) is 4.67. The second-order valence-corrected chi connectivity index (χ2v) is 6.59. The Labute approximate surface area is 166 Å². The average Bonchev–Trinajstić information content (AvgIpc) is 2.72. The minimum atomic E-state index is -4.37. The second-order valence-electron chi connectivity index (χ2n) is 6.59. The van der Waals surface area contributed by atoms with Crippen LogP contribution in [0.5, 0.6) is 0 Å². The third-order valence-corrected chi connectivity index (χ3v) is 4.57. The van der Waals surface area contributed by atoms with Crippen molar-refractivity contribution < 1.29 is 18.0 Å². The van der Waals surface area contributed by atoms with Crippen molar-refractivity contribution in [1.82, 2.24) is 10.2 Å². The maximum atomic E-state index is 12.8. The van der Waals surface area contributed by atoms with Crippen molar-refractivity contribution in [3.63, 3.8) is 0 Å². The van der Waals surface area contributed by atoms with Gasteiger partial charge in [0.25, 0.3) is 5.91 Å². The Morgan fingerprint density at radius 2 is 1.83 bits per heavy atom. The third-order valence-electron chi connectivity index (χ3n) is 4.57. The van der Waals surface area contributed by atoms with Crippen molar-refractivity contribution in [3.05, 3.63) is 71.8 Å². The summed E-state index contributed by atoms with van der Waals surface area (Å²) in [4.78, 5) is 13.7. The second kappa shape index (κ2) is 8.23. The SMILES string of the molecule is CN(C#N)CCNC(=O)c1ccc2c(-c3ccc(C(F)(F)F)cc3)cccc2c1. The van der Waals surface area contributed by atoms with Crippen LogP contribution in [0.4, 0.5) is 13.2 Å². The van der Waals surface area contributed by atoms with Crippen molar-refractivity contribution >= 4 is 16.7 Å². The van der Waals surface area contributed by atoms with Gasteiger partial charge in [0.1, 0.15) is 0 Å². The van der Waals surface area contributed by atoms with E-state index in [-0.39, 0.29) is 5.91 Å². The Balaban J connectivity index is 1.85. The number of likely N-dealkylation sites (N-methyl/N-ethyl adjacent to an activating group) is 1. The molecule has 29 heavy (non-hydrogen) atoms. The number of amides is 1. The van der Waals surface area contributed by atoms with Gasteiger partial charge >= 0.3 is 6.18 Å². The molecule has 1 N–H and O–H groups in total. The fraction of sp³-hybridized carbons (Fsp3) is 0.182. The normalized spacial score (nSPS) is 11.1. The first kappa shape index (κ1) is 20.2. The van der Waals surface area contributed by atoms with Crippen LogP contribution >= 0.6 is 0 Å². The number of nitriles is 1. The van der Waals surface area contributed by atoms with E-state index in [1.54, 1.807) is 31.3 Å². The first-order chi connectivity index (χ1) is 13.8. The van der Waals surface area contributed by atoms with Gasteiger partial charge < -0.3 is 10.2 Å². The van der Waals surface area contributed by atoms with Gasteiger partial charge in [0, 0.05) is 25.7 Å². The highest BCUT2D eigenvalue weighted by Crippen LogP contribution is 2.33. The summed E-state index contributed by atoms with van der Waals surface area (Å²) in [5.74, 6) is -0.252. The topological polar surface area (TPSA) is 56.1 Å². The number of carbonyl (C=O) groups excluding carboxylic acids is 1. The van der Waals surface area contributed by atoms with Crippen LogP contribution < -0.4 is 5.32 Å². The number of alkyl halides is 3. The zero-order valence-electron chi connectivity index (χ0n) is 15.6. The van der Waals surface area contributed by atoms with Crippen molar-refractivity contribution in [1.29, 1.82) is 5.26 Å². The van der Waals surface area contributed by atoms with E-state index in [4.69, 9.17) is 5.26 Å². The Kier molecular flexibility index (Phi) is 5.74. The quantitative estimate of drug-likeness (QED) is 0.503. The van der Waals surface area contributed by atoms with Crippen molar-refractivity contribution in [2.45, 2.75) is 6.18 Å². The predicted molar refractivity (Wildman–Crippen MR) is 105 cm³/mol. The maximum absolute atomic E-state index is 12.8. The summed E-state index contributed by atoms with van der Waals surface area (Å²) in [5, 5.41) is 13.1. The molecule has 0 unspecified atom stereocenters. The smallest absolute Gasteiger partial charge is 0.350 e. The molecule has 3 aromatic carbocycles. The first-order valence-electron chi connectivity index (χ1n) is 8.89. The summed E-state index contributed by atoms with van der Waals surface area (Å²) in [6.45, 7) is 0.750. The maximum Gasteiger partial charge on any atom is 0.416 e. The number of halogens is 3. The van der Waals surface area contributed by atoms with E-state index in [2.05, 4.69) is 5.32 Å². The van der Waals surface area contributed by atoms with E-state index in [0.29, 0.717) is 24.2 Å². The molecule has 0 aliphatic rings. The van der Waals surface area contributed by atoms with Crippen LogP contribution in [0.25, 0.3) is 21.9 Å². The van der Waals surface area contributed by atoms with Gasteiger partial charge in [0.05, 0.1) is 5.56 Å². The Morgan fingerprint density at radius 3 is 2.48 bits per heavy atom. The highest BCUT2D eigenvalue weighted by atomic mass is 19.4. The molecule has 148 valence electrons. The molecule has 0 aliphatic heterocycles. The number of benzene rings is 3. The summed E-state index contributed by atoms with van der Waals surface area (Å²) in [5.41, 5.74) is 1.24. The zero-order valence-corrected chi connectivity index (χ0v) is 15.6. The Hall–Kier alpha value is -3.53. The molecule has 0 fully saturated rings. The van der Waals surface area contributed by atoms with Crippen LogP contribution in [-0.2, 0) is 6.18 Å². The van der Waals surface area contributed by atoms with E-state index in [1.165, 1.54) is 17.0 Å². The van der Waals surface area contributed by atoms with Crippen molar-refractivity contribution in [2.75, 3.05) is 20.1 Å². The summed E-state index contributed by atoms with van der Waals surface area (Å²) in [6, 6.07) is 15.7. The van der Waals surface area contributed by atoms with Gasteiger partial charge in [-0.05, 0) is 46.2 Å². The molecule has 7 heteroatoms. The molecule has 0 aliphatic carbocycles. The van der Waals surface area contributed by atoms with Crippen molar-refractivity contribution in [3.8, 4) is 17.3 Å². The molecule has 0 bridgehead atoms. The number of hydrogen-bond acceptors (Lipinski definition) is 3. The zero-order chi connectivity index (χ0) is 21.0. The molecule has 0 saturated carbocycles. The molecule has 3 rings (SSSR count). The highest BCUT2D eigenvalue weighted by molar-refractivity contribution is 6.02. The van der Waals surface area contributed by atoms with Gasteiger partial charge in [-0.1, -0.05) is 36.4 Å². The lowest BCUT2D eigenvalue weighted by molar-refractivity contribution is -0.137. The monoisotopic (exact) mass is 397 g/mol. The molecular formula is C22H18F3N3O. The molecule has 0 heterocycles. The van der Waals surface area contributed by atoms with Gasteiger partial charge in [0.2, 0.25) is 0 Å². The highest BCUT2D eigenvalue weighted by Gasteiger charge is 2.30. The van der Waals surface area contributed by atoms with Crippen LogP contribution in [0, 0.1) is 11.5 Å². The van der Waals surface area contributed by atoms with E-state index in [9.17, 15) is 18.0 Å². The van der Waals surface area contributed by atoms with Crippen LogP contribution in [0.15, 0.2) is 60.7 Å². The number of fused-ring (bicyclic) bond motifs is 1. The Bertz CT molecular complexity index is 1070. The van der Waals surface area contributed by atoms with Crippen LogP contribution in [-0.4, -0.2) is 30.9 Å². The Morgan fingerprint density at radius 1 is 1.10 bits per heavy atom. The van der Waals surface area contributed by atoms with Crippen LogP contribution in [0.2, 0.25) is 0 Å². The van der Waals surface area contributed by atoms with Gasteiger partial charge in [0.15, 0.2) is 6.19 Å². The molecule has 0 saturated heterocycles. The lowest BCUT2D eigenvalue weighted by Crippen LogP contribution is -2.31. The van der Waals surface area contributed by atoms with E-state index >= 15 is 0 Å².